The molecule has 0 saturated carbocycles. The number of hydrogen-bond acceptors (Lipinski definition) is 0. The molecular weight excluding hydrogens is 261 g/mol. The Balaban J connectivity index is -0.0000000719. The third-order valence-electron chi connectivity index (χ3n) is 0.556. The molecule has 0 aliphatic carbocycles. The summed E-state index contributed by atoms with van der Waals surface area (Å²) in [7, 11) is 0. The Morgan fingerprint density at radius 1 is 0.667 bits per heavy atom. The van der Waals surface area contributed by atoms with Crippen LogP contribution in [-0.2, 0) is 18.6 Å². The first-order valence-electron chi connectivity index (χ1n) is 6.00. The molecule has 3 nitrogen and oxygen atoms in total. The van der Waals surface area contributed by atoms with Gasteiger partial charge in [-0.2, -0.15) is 18.2 Å². The molecule has 0 bridgehead atoms. The number of hydrogen-bond donors (Lipinski definition) is 0. The molecule has 0 aromatic heterocycles. The molecule has 0 saturated heterocycles. The Morgan fingerprint density at radius 2 is 0.833 bits per heavy atom. The zero-order valence-electron chi connectivity index (χ0n) is 12.6. The van der Waals surface area contributed by atoms with Crippen molar-refractivity contribution in [2.45, 2.75) is 59.7 Å². The first-order valence-corrected chi connectivity index (χ1v) is 6.00. The minimum Gasteiger partial charge on any atom is -0.675 e. The van der Waals surface area contributed by atoms with Gasteiger partial charge in [0.05, 0.1) is 0 Å². The molecule has 0 fully saturated rings. The summed E-state index contributed by atoms with van der Waals surface area (Å²) in [6, 6.07) is 10.2. The van der Waals surface area contributed by atoms with E-state index in [1.807, 2.05) is 71.9 Å². The fourth-order valence-corrected chi connectivity index (χ4v) is 0.321. The van der Waals surface area contributed by atoms with E-state index in [2.05, 4.69) is 0 Å². The van der Waals surface area contributed by atoms with Gasteiger partial charge in [-0.15, -0.1) is 18.1 Å². The van der Waals surface area contributed by atoms with Gasteiger partial charge >= 0.3 is 18.6 Å². The van der Waals surface area contributed by atoms with Crippen molar-refractivity contribution in [1.29, 1.82) is 0 Å². The number of nitrogens with one attached hydrogen (secondary N) is 3. The second-order valence-electron chi connectivity index (χ2n) is 4.43. The molecule has 0 amide bonds. The first kappa shape index (κ1) is 26.4. The number of rotatable bonds is 0. The SMILES string of the molecule is CC(C)[NH-].CC(C)[NH-].CC(C)[NH-].[V+4].c1cc[cH-]c1. The van der Waals surface area contributed by atoms with Crippen molar-refractivity contribution >= 4 is 0 Å². The summed E-state index contributed by atoms with van der Waals surface area (Å²) in [5.74, 6) is 0. The summed E-state index contributed by atoms with van der Waals surface area (Å²) < 4.78 is 0. The zero-order chi connectivity index (χ0) is 14.3. The van der Waals surface area contributed by atoms with Crippen LogP contribution in [0.2, 0.25) is 0 Å². The normalized spacial score (nSPS) is 8.22. The van der Waals surface area contributed by atoms with Crippen molar-refractivity contribution < 1.29 is 18.6 Å². The molecule has 1 rings (SSSR count). The molecule has 0 unspecified atom stereocenters. The van der Waals surface area contributed by atoms with Gasteiger partial charge in [-0.3, -0.25) is 0 Å². The van der Waals surface area contributed by atoms with E-state index < -0.39 is 0 Å². The molecule has 1 aromatic rings. The van der Waals surface area contributed by atoms with E-state index in [1.165, 1.54) is 0 Å². The van der Waals surface area contributed by atoms with Crippen molar-refractivity contribution in [2.24, 2.45) is 0 Å². The van der Waals surface area contributed by atoms with Crippen LogP contribution < -0.4 is 0 Å². The van der Waals surface area contributed by atoms with Gasteiger partial charge in [0.15, 0.2) is 0 Å². The molecule has 0 spiro atoms. The van der Waals surface area contributed by atoms with Crippen LogP contribution >= 0.6 is 0 Å². The van der Waals surface area contributed by atoms with E-state index >= 15 is 0 Å². The van der Waals surface area contributed by atoms with Gasteiger partial charge in [-0.05, 0) is 0 Å². The second kappa shape index (κ2) is 22.0. The fraction of sp³-hybridized carbons (Fsp3) is 0.643. The van der Waals surface area contributed by atoms with E-state index in [-0.39, 0.29) is 36.7 Å². The van der Waals surface area contributed by atoms with E-state index in [1.54, 1.807) is 0 Å². The molecule has 1 radical (unpaired) electrons. The molecule has 0 aliphatic heterocycles. The van der Waals surface area contributed by atoms with Gasteiger partial charge in [0, 0.05) is 0 Å². The van der Waals surface area contributed by atoms with Crippen molar-refractivity contribution in [3.63, 3.8) is 0 Å². The predicted molar refractivity (Wildman–Crippen MR) is 80.4 cm³/mol. The topological polar surface area (TPSA) is 71.4 Å². The maximum absolute atomic E-state index is 6.58. The van der Waals surface area contributed by atoms with Crippen LogP contribution in [0.4, 0.5) is 0 Å². The predicted octanol–water partition coefficient (Wildman–Crippen LogP) is 5.74. The van der Waals surface area contributed by atoms with Gasteiger partial charge in [0.2, 0.25) is 0 Å². The second-order valence-corrected chi connectivity index (χ2v) is 4.43. The third-order valence-corrected chi connectivity index (χ3v) is 0.556. The smallest absolute Gasteiger partial charge is 0.675 e. The van der Waals surface area contributed by atoms with Crippen LogP contribution in [0.15, 0.2) is 30.3 Å². The summed E-state index contributed by atoms with van der Waals surface area (Å²) in [6.07, 6.45) is 0. The average Bonchev–Trinajstić information content (AvgIpc) is 2.53. The van der Waals surface area contributed by atoms with Crippen molar-refractivity contribution in [2.75, 3.05) is 0 Å². The molecular formula is C14H29N3V. The van der Waals surface area contributed by atoms with Crippen molar-refractivity contribution in [3.05, 3.63) is 47.5 Å². The molecule has 0 heterocycles. The monoisotopic (exact) mass is 290 g/mol. The Bertz CT molecular complexity index is 145. The Kier molecular flexibility index (Phi) is 32.3. The molecule has 1 aromatic carbocycles. The first-order chi connectivity index (χ1) is 7.70. The van der Waals surface area contributed by atoms with Crippen LogP contribution in [0.3, 0.4) is 0 Å². The molecule has 105 valence electrons. The summed E-state index contributed by atoms with van der Waals surface area (Å²) in [6.45, 7) is 11.0. The van der Waals surface area contributed by atoms with E-state index in [9.17, 15) is 0 Å². The molecule has 3 N–H and O–H groups in total. The van der Waals surface area contributed by atoms with Gasteiger partial charge < -0.3 is 17.2 Å². The van der Waals surface area contributed by atoms with Gasteiger partial charge in [-0.1, -0.05) is 41.5 Å². The average molecular weight is 290 g/mol. The fourth-order valence-electron chi connectivity index (χ4n) is 0.321. The largest absolute Gasteiger partial charge is 4.00 e. The minimum atomic E-state index is 0. The molecule has 4 heteroatoms. The van der Waals surface area contributed by atoms with Gasteiger partial charge in [0.1, 0.15) is 0 Å². The summed E-state index contributed by atoms with van der Waals surface area (Å²) in [5.41, 5.74) is 19.8. The van der Waals surface area contributed by atoms with Gasteiger partial charge in [0.25, 0.3) is 0 Å². The van der Waals surface area contributed by atoms with Crippen LogP contribution in [-0.4, -0.2) is 18.1 Å². The summed E-state index contributed by atoms with van der Waals surface area (Å²) in [5, 5.41) is 0. The molecule has 0 aliphatic rings. The molecule has 0 atom stereocenters. The quantitative estimate of drug-likeness (QED) is 0.546. The zero-order valence-corrected chi connectivity index (χ0v) is 14.0. The maximum Gasteiger partial charge on any atom is 4.00 e. The van der Waals surface area contributed by atoms with E-state index in [0.717, 1.165) is 0 Å². The van der Waals surface area contributed by atoms with Gasteiger partial charge in [-0.25, -0.2) is 12.1 Å². The molecule has 18 heavy (non-hydrogen) atoms. The maximum atomic E-state index is 6.58. The Hall–Kier alpha value is -0.186. The summed E-state index contributed by atoms with van der Waals surface area (Å²) >= 11 is 0. The third kappa shape index (κ3) is 150. The van der Waals surface area contributed by atoms with Crippen LogP contribution in [0, 0.1) is 0 Å². The van der Waals surface area contributed by atoms with E-state index in [0.29, 0.717) is 0 Å². The van der Waals surface area contributed by atoms with Crippen LogP contribution in [0.25, 0.3) is 17.2 Å². The van der Waals surface area contributed by atoms with Crippen LogP contribution in [0.5, 0.6) is 0 Å². The Labute approximate surface area is 126 Å². The Morgan fingerprint density at radius 3 is 0.889 bits per heavy atom. The summed E-state index contributed by atoms with van der Waals surface area (Å²) in [4.78, 5) is 0. The van der Waals surface area contributed by atoms with E-state index in [4.69, 9.17) is 17.2 Å². The van der Waals surface area contributed by atoms with Crippen molar-refractivity contribution in [1.82, 2.24) is 0 Å². The van der Waals surface area contributed by atoms with Crippen molar-refractivity contribution in [3.8, 4) is 0 Å². The van der Waals surface area contributed by atoms with Crippen LogP contribution in [0.1, 0.15) is 41.5 Å². The minimum absolute atomic E-state index is 0. The standard InChI is InChI=1S/C5H5.3C3H8N.V/c1-2-4-5-3-1;3*1-3(2)4;/h1-5H;3*3-4H,1-2H3;/q4*-1;+4.